The lowest BCUT2D eigenvalue weighted by molar-refractivity contribution is 0.0573. The van der Waals surface area contributed by atoms with E-state index in [4.69, 9.17) is 11.5 Å². The monoisotopic (exact) mass is 290 g/mol. The van der Waals surface area contributed by atoms with Crippen LogP contribution in [0.4, 0.5) is 10.5 Å². The molecule has 2 atom stereocenters. The van der Waals surface area contributed by atoms with Crippen molar-refractivity contribution < 1.29 is 9.59 Å². The summed E-state index contributed by atoms with van der Waals surface area (Å²) in [5.74, 6) is 0.590. The molecule has 0 radical (unpaired) electrons. The van der Waals surface area contributed by atoms with E-state index in [1.54, 1.807) is 24.3 Å². The maximum atomic E-state index is 12.6. The Bertz CT molecular complexity index is 515. The molecule has 2 rings (SSSR count). The summed E-state index contributed by atoms with van der Waals surface area (Å²) < 4.78 is 0. The van der Waals surface area contributed by atoms with Crippen LogP contribution in [0.1, 0.15) is 30.1 Å². The van der Waals surface area contributed by atoms with Gasteiger partial charge in [0.25, 0.3) is 5.91 Å². The van der Waals surface area contributed by atoms with Crippen molar-refractivity contribution in [2.45, 2.75) is 25.8 Å². The van der Waals surface area contributed by atoms with Crippen molar-refractivity contribution in [2.75, 3.05) is 18.4 Å². The van der Waals surface area contributed by atoms with Crippen LogP contribution in [-0.2, 0) is 0 Å². The number of piperidine rings is 1. The molecule has 114 valence electrons. The highest BCUT2D eigenvalue weighted by molar-refractivity contribution is 5.95. The number of carbonyl (C=O) groups excluding carboxylic acids is 2. The van der Waals surface area contributed by atoms with Gasteiger partial charge in [-0.15, -0.1) is 0 Å². The van der Waals surface area contributed by atoms with Crippen molar-refractivity contribution in [1.29, 1.82) is 0 Å². The minimum atomic E-state index is -0.623. The Morgan fingerprint density at radius 2 is 2.00 bits per heavy atom. The first-order valence-corrected chi connectivity index (χ1v) is 7.18. The maximum absolute atomic E-state index is 12.6. The number of hydrogen-bond donors (Lipinski definition) is 3. The summed E-state index contributed by atoms with van der Waals surface area (Å²) in [4.78, 5) is 25.2. The molecule has 0 bridgehead atoms. The van der Waals surface area contributed by atoms with Gasteiger partial charge in [0.1, 0.15) is 0 Å². The number of urea groups is 1. The van der Waals surface area contributed by atoms with E-state index in [-0.39, 0.29) is 11.9 Å². The van der Waals surface area contributed by atoms with Crippen LogP contribution in [0.3, 0.4) is 0 Å². The van der Waals surface area contributed by atoms with Crippen LogP contribution in [0.25, 0.3) is 0 Å². The van der Waals surface area contributed by atoms with Gasteiger partial charge in [0.15, 0.2) is 0 Å². The minimum Gasteiger partial charge on any atom is -0.351 e. The van der Waals surface area contributed by atoms with Gasteiger partial charge in [0.05, 0.1) is 0 Å². The van der Waals surface area contributed by atoms with Gasteiger partial charge < -0.3 is 21.7 Å². The van der Waals surface area contributed by atoms with E-state index in [2.05, 4.69) is 12.2 Å². The number of anilines is 1. The Balaban J connectivity index is 2.10. The Kier molecular flexibility index (Phi) is 4.80. The molecule has 1 saturated heterocycles. The number of amides is 3. The SMILES string of the molecule is CC1CCN(C(=O)c2ccc(NC(N)=O)cc2)C(CN)C1. The number of carbonyl (C=O) groups is 2. The lowest BCUT2D eigenvalue weighted by Crippen LogP contribution is -2.49. The molecule has 0 saturated carbocycles. The number of nitrogens with one attached hydrogen (secondary N) is 1. The van der Waals surface area contributed by atoms with E-state index in [1.165, 1.54) is 0 Å². The fraction of sp³-hybridized carbons (Fsp3) is 0.467. The number of rotatable bonds is 3. The highest BCUT2D eigenvalue weighted by Gasteiger charge is 2.29. The number of benzene rings is 1. The van der Waals surface area contributed by atoms with E-state index in [0.29, 0.717) is 23.7 Å². The summed E-state index contributed by atoms with van der Waals surface area (Å²) in [5, 5.41) is 2.47. The molecular formula is C15H22N4O2. The summed E-state index contributed by atoms with van der Waals surface area (Å²) in [7, 11) is 0. The van der Waals surface area contributed by atoms with Crippen LogP contribution >= 0.6 is 0 Å². The molecule has 1 fully saturated rings. The molecule has 5 N–H and O–H groups in total. The zero-order chi connectivity index (χ0) is 15.4. The number of nitrogens with two attached hydrogens (primary N) is 2. The van der Waals surface area contributed by atoms with Crippen LogP contribution in [0.15, 0.2) is 24.3 Å². The first-order valence-electron chi connectivity index (χ1n) is 7.18. The van der Waals surface area contributed by atoms with Crippen molar-refractivity contribution in [3.05, 3.63) is 29.8 Å². The van der Waals surface area contributed by atoms with Crippen molar-refractivity contribution >= 4 is 17.6 Å². The van der Waals surface area contributed by atoms with Crippen LogP contribution in [0.2, 0.25) is 0 Å². The lowest BCUT2D eigenvalue weighted by Gasteiger charge is -2.38. The molecule has 3 amide bonds. The molecule has 2 unspecified atom stereocenters. The smallest absolute Gasteiger partial charge is 0.316 e. The van der Waals surface area contributed by atoms with E-state index in [1.807, 2.05) is 4.90 Å². The largest absolute Gasteiger partial charge is 0.351 e. The molecule has 1 aliphatic rings. The topological polar surface area (TPSA) is 101 Å². The molecule has 6 nitrogen and oxygen atoms in total. The third-order valence-electron chi connectivity index (χ3n) is 3.91. The first kappa shape index (κ1) is 15.3. The minimum absolute atomic E-state index is 0.0111. The summed E-state index contributed by atoms with van der Waals surface area (Å²) in [5.41, 5.74) is 12.0. The van der Waals surface area contributed by atoms with Gasteiger partial charge in [0, 0.05) is 30.4 Å². The zero-order valence-corrected chi connectivity index (χ0v) is 12.2. The summed E-state index contributed by atoms with van der Waals surface area (Å²) in [6.07, 6.45) is 1.95. The van der Waals surface area contributed by atoms with Gasteiger partial charge in [-0.3, -0.25) is 4.79 Å². The second kappa shape index (κ2) is 6.58. The zero-order valence-electron chi connectivity index (χ0n) is 12.2. The van der Waals surface area contributed by atoms with Crippen LogP contribution in [0.5, 0.6) is 0 Å². The molecule has 21 heavy (non-hydrogen) atoms. The van der Waals surface area contributed by atoms with Gasteiger partial charge in [-0.25, -0.2) is 4.79 Å². The Morgan fingerprint density at radius 1 is 1.33 bits per heavy atom. The predicted octanol–water partition coefficient (Wildman–Crippen LogP) is 1.38. The third kappa shape index (κ3) is 3.72. The second-order valence-corrected chi connectivity index (χ2v) is 5.58. The van der Waals surface area contributed by atoms with Crippen LogP contribution in [0, 0.1) is 5.92 Å². The third-order valence-corrected chi connectivity index (χ3v) is 3.91. The number of hydrogen-bond acceptors (Lipinski definition) is 3. The molecule has 0 spiro atoms. The van der Waals surface area contributed by atoms with Crippen LogP contribution in [-0.4, -0.2) is 36.0 Å². The average molecular weight is 290 g/mol. The summed E-state index contributed by atoms with van der Waals surface area (Å²) in [6.45, 7) is 3.41. The average Bonchev–Trinajstić information content (AvgIpc) is 2.46. The lowest BCUT2D eigenvalue weighted by atomic mass is 9.92. The first-order chi connectivity index (χ1) is 10.0. The summed E-state index contributed by atoms with van der Waals surface area (Å²) in [6, 6.07) is 6.20. The number of nitrogens with zero attached hydrogens (tertiary/aromatic N) is 1. The van der Waals surface area contributed by atoms with E-state index >= 15 is 0 Å². The maximum Gasteiger partial charge on any atom is 0.316 e. The van der Waals surface area contributed by atoms with Gasteiger partial charge in [-0.1, -0.05) is 6.92 Å². The normalized spacial score (nSPS) is 21.9. The summed E-state index contributed by atoms with van der Waals surface area (Å²) >= 11 is 0. The number of likely N-dealkylation sites (tertiary alicyclic amines) is 1. The fourth-order valence-electron chi connectivity index (χ4n) is 2.75. The Hall–Kier alpha value is -2.08. The number of primary amides is 1. The standard InChI is InChI=1S/C15H22N4O2/c1-10-6-7-19(13(8-10)9-16)14(20)11-2-4-12(5-3-11)18-15(17)21/h2-5,10,13H,6-9,16H2,1H3,(H3,17,18,21). The highest BCUT2D eigenvalue weighted by Crippen LogP contribution is 2.24. The molecule has 1 aromatic rings. The molecule has 0 aromatic heterocycles. The van der Waals surface area contributed by atoms with Crippen LogP contribution < -0.4 is 16.8 Å². The highest BCUT2D eigenvalue weighted by atomic mass is 16.2. The second-order valence-electron chi connectivity index (χ2n) is 5.58. The molecule has 6 heteroatoms. The van der Waals surface area contributed by atoms with E-state index in [0.717, 1.165) is 19.4 Å². The van der Waals surface area contributed by atoms with Gasteiger partial charge in [-0.05, 0) is 43.0 Å². The van der Waals surface area contributed by atoms with Crippen molar-refractivity contribution in [3.8, 4) is 0 Å². The molecule has 1 heterocycles. The molecular weight excluding hydrogens is 268 g/mol. The molecule has 0 aliphatic carbocycles. The van der Waals surface area contributed by atoms with Crippen molar-refractivity contribution in [1.82, 2.24) is 4.90 Å². The fourth-order valence-corrected chi connectivity index (χ4v) is 2.75. The van der Waals surface area contributed by atoms with Gasteiger partial charge in [0.2, 0.25) is 0 Å². The van der Waals surface area contributed by atoms with Gasteiger partial charge in [-0.2, -0.15) is 0 Å². The van der Waals surface area contributed by atoms with Crippen molar-refractivity contribution in [2.24, 2.45) is 17.4 Å². The van der Waals surface area contributed by atoms with Gasteiger partial charge >= 0.3 is 6.03 Å². The van der Waals surface area contributed by atoms with Crippen molar-refractivity contribution in [3.63, 3.8) is 0 Å². The Morgan fingerprint density at radius 3 is 2.57 bits per heavy atom. The molecule has 1 aromatic carbocycles. The predicted molar refractivity (Wildman–Crippen MR) is 81.9 cm³/mol. The van der Waals surface area contributed by atoms with E-state index < -0.39 is 6.03 Å². The van der Waals surface area contributed by atoms with E-state index in [9.17, 15) is 9.59 Å². The Labute approximate surface area is 124 Å². The quantitative estimate of drug-likeness (QED) is 0.783. The molecule has 1 aliphatic heterocycles.